The molecule has 4 rings (SSSR count). The van der Waals surface area contributed by atoms with Crippen molar-refractivity contribution in [3.05, 3.63) is 59.0 Å². The van der Waals surface area contributed by atoms with Crippen LogP contribution < -0.4 is 4.90 Å². The van der Waals surface area contributed by atoms with E-state index in [1.165, 1.54) is 10.7 Å². The van der Waals surface area contributed by atoms with Gasteiger partial charge in [0.2, 0.25) is 0 Å². The molecule has 3 aromatic rings. The molecule has 0 fully saturated rings. The van der Waals surface area contributed by atoms with Crippen LogP contribution in [-0.4, -0.2) is 32.9 Å². The summed E-state index contributed by atoms with van der Waals surface area (Å²) in [7, 11) is 0. The predicted octanol–water partition coefficient (Wildman–Crippen LogP) is 2.70. The third kappa shape index (κ3) is 2.61. The molecule has 1 aromatic carbocycles. The number of hydrogen-bond acceptors (Lipinski definition) is 5. The van der Waals surface area contributed by atoms with Gasteiger partial charge in [-0.2, -0.15) is 5.26 Å². The van der Waals surface area contributed by atoms with Crippen LogP contribution in [0.4, 0.5) is 14.6 Å². The number of halogens is 2. The summed E-state index contributed by atoms with van der Waals surface area (Å²) in [5.41, 5.74) is 1.96. The molecule has 1 N–H and O–H groups in total. The Labute approximate surface area is 147 Å². The van der Waals surface area contributed by atoms with Crippen molar-refractivity contribution in [3.8, 4) is 11.8 Å². The Morgan fingerprint density at radius 2 is 2.15 bits per heavy atom. The molecule has 1 unspecified atom stereocenters. The largest absolute Gasteiger partial charge is 0.333 e. The van der Waals surface area contributed by atoms with Gasteiger partial charge >= 0.3 is 0 Å². The second kappa shape index (κ2) is 6.07. The van der Waals surface area contributed by atoms with E-state index in [2.05, 4.69) is 26.4 Å². The summed E-state index contributed by atoms with van der Waals surface area (Å²) >= 11 is 0. The van der Waals surface area contributed by atoms with Gasteiger partial charge in [-0.1, -0.05) is 5.21 Å². The third-order valence-corrected chi connectivity index (χ3v) is 4.26. The zero-order chi connectivity index (χ0) is 18.3. The maximum atomic E-state index is 13.9. The van der Waals surface area contributed by atoms with Crippen molar-refractivity contribution in [1.82, 2.24) is 20.0 Å². The molecule has 0 aliphatic carbocycles. The first kappa shape index (κ1) is 16.0. The van der Waals surface area contributed by atoms with Crippen molar-refractivity contribution < 1.29 is 8.78 Å². The molecule has 1 aliphatic heterocycles. The van der Waals surface area contributed by atoms with E-state index < -0.39 is 11.6 Å². The van der Waals surface area contributed by atoms with Gasteiger partial charge in [0.1, 0.15) is 41.4 Å². The smallest absolute Gasteiger partial charge is 0.151 e. The maximum absolute atomic E-state index is 13.9. The standard InChI is InChI=1S/C17H13F2N7/c1-10(25-9-21-7-11-4-13(6-20)22-17(11)25)15-8-26(24-23-15)16-3-2-12(18)5-14(16)19/h2-5,7-8,10,22H,9H2,1H3. The minimum Gasteiger partial charge on any atom is -0.333 e. The molecular weight excluding hydrogens is 340 g/mol. The van der Waals surface area contributed by atoms with Crippen LogP contribution in [-0.2, 0) is 0 Å². The van der Waals surface area contributed by atoms with E-state index in [-0.39, 0.29) is 11.7 Å². The van der Waals surface area contributed by atoms with Gasteiger partial charge in [-0.15, -0.1) is 5.10 Å². The van der Waals surface area contributed by atoms with Gasteiger partial charge in [-0.05, 0) is 25.1 Å². The highest BCUT2D eigenvalue weighted by Crippen LogP contribution is 2.30. The highest BCUT2D eigenvalue weighted by atomic mass is 19.1. The van der Waals surface area contributed by atoms with Crippen LogP contribution in [0.2, 0.25) is 0 Å². The van der Waals surface area contributed by atoms with E-state index in [0.29, 0.717) is 18.1 Å². The first-order valence-corrected chi connectivity index (χ1v) is 7.84. The van der Waals surface area contributed by atoms with E-state index in [9.17, 15) is 8.78 Å². The normalized spacial score (nSPS) is 14.2. The first-order chi connectivity index (χ1) is 12.6. The minimum atomic E-state index is -0.720. The number of fused-ring (bicyclic) bond motifs is 1. The van der Waals surface area contributed by atoms with Crippen LogP contribution in [0.5, 0.6) is 0 Å². The Kier molecular flexibility index (Phi) is 3.73. The van der Waals surface area contributed by atoms with Crippen molar-refractivity contribution in [1.29, 1.82) is 5.26 Å². The highest BCUT2D eigenvalue weighted by Gasteiger charge is 2.25. The molecule has 0 amide bonds. The lowest BCUT2D eigenvalue weighted by molar-refractivity contribution is 0.572. The number of aliphatic imine (C=N–C) groups is 1. The molecule has 3 heterocycles. The Morgan fingerprint density at radius 1 is 1.31 bits per heavy atom. The molecule has 26 heavy (non-hydrogen) atoms. The number of benzene rings is 1. The van der Waals surface area contributed by atoms with Gasteiger partial charge in [0.15, 0.2) is 5.82 Å². The zero-order valence-electron chi connectivity index (χ0n) is 13.7. The van der Waals surface area contributed by atoms with Gasteiger partial charge in [0, 0.05) is 17.8 Å². The lowest BCUT2D eigenvalue weighted by Crippen LogP contribution is -2.30. The molecule has 1 aliphatic rings. The SMILES string of the molecule is CC(c1cn(-c2ccc(F)cc2F)nn1)N1CN=Cc2cc(C#N)[nH]c21. The molecule has 1 atom stereocenters. The lowest BCUT2D eigenvalue weighted by atomic mass is 10.2. The van der Waals surface area contributed by atoms with Crippen molar-refractivity contribution >= 4 is 12.0 Å². The van der Waals surface area contributed by atoms with Gasteiger partial charge in [0.05, 0.1) is 12.2 Å². The Bertz CT molecular complexity index is 1040. The Balaban J connectivity index is 1.65. The van der Waals surface area contributed by atoms with E-state index in [1.807, 2.05) is 11.8 Å². The molecule has 0 saturated heterocycles. The molecule has 9 heteroatoms. The number of nitrogens with zero attached hydrogens (tertiary/aromatic N) is 6. The number of aromatic nitrogens is 4. The molecular formula is C17H13F2N7. The first-order valence-electron chi connectivity index (χ1n) is 7.84. The number of H-pyrrole nitrogens is 1. The van der Waals surface area contributed by atoms with Gasteiger partial charge in [-0.25, -0.2) is 13.5 Å². The Hall–Kier alpha value is -3.54. The number of rotatable bonds is 3. The fourth-order valence-electron chi connectivity index (χ4n) is 2.88. The summed E-state index contributed by atoms with van der Waals surface area (Å²) in [5, 5.41) is 17.1. The molecule has 0 bridgehead atoms. The second-order valence-corrected chi connectivity index (χ2v) is 5.88. The number of nitriles is 1. The monoisotopic (exact) mass is 353 g/mol. The van der Waals surface area contributed by atoms with Crippen LogP contribution in [0.25, 0.3) is 5.69 Å². The number of hydrogen-bond donors (Lipinski definition) is 1. The third-order valence-electron chi connectivity index (χ3n) is 4.26. The lowest BCUT2D eigenvalue weighted by Gasteiger charge is -2.29. The maximum Gasteiger partial charge on any atom is 0.151 e. The summed E-state index contributed by atoms with van der Waals surface area (Å²) in [6.07, 6.45) is 3.30. The molecule has 0 spiro atoms. The summed E-state index contributed by atoms with van der Waals surface area (Å²) < 4.78 is 28.3. The van der Waals surface area contributed by atoms with Crippen molar-refractivity contribution in [2.75, 3.05) is 11.6 Å². The fourth-order valence-corrected chi connectivity index (χ4v) is 2.88. The van der Waals surface area contributed by atoms with Crippen LogP contribution in [0.1, 0.15) is 29.9 Å². The summed E-state index contributed by atoms with van der Waals surface area (Å²) in [6, 6.07) is 6.84. The van der Waals surface area contributed by atoms with Gasteiger partial charge < -0.3 is 9.88 Å². The second-order valence-electron chi connectivity index (χ2n) is 5.88. The highest BCUT2D eigenvalue weighted by molar-refractivity contribution is 5.89. The summed E-state index contributed by atoms with van der Waals surface area (Å²) in [5.74, 6) is -0.604. The molecule has 7 nitrogen and oxygen atoms in total. The topological polar surface area (TPSA) is 85.9 Å². The van der Waals surface area contributed by atoms with Crippen molar-refractivity contribution in [3.63, 3.8) is 0 Å². The van der Waals surface area contributed by atoms with Crippen molar-refractivity contribution in [2.24, 2.45) is 4.99 Å². The van der Waals surface area contributed by atoms with E-state index in [1.54, 1.807) is 18.5 Å². The van der Waals surface area contributed by atoms with Crippen LogP contribution >= 0.6 is 0 Å². The van der Waals surface area contributed by atoms with Gasteiger partial charge in [-0.3, -0.25) is 4.99 Å². The average molecular weight is 353 g/mol. The van der Waals surface area contributed by atoms with Gasteiger partial charge in [0.25, 0.3) is 0 Å². The van der Waals surface area contributed by atoms with E-state index >= 15 is 0 Å². The van der Waals surface area contributed by atoms with Crippen LogP contribution in [0.3, 0.4) is 0 Å². The van der Waals surface area contributed by atoms with E-state index in [0.717, 1.165) is 23.5 Å². The number of anilines is 1. The molecule has 0 radical (unpaired) electrons. The number of nitrogens with one attached hydrogen (secondary N) is 1. The molecule has 2 aromatic heterocycles. The summed E-state index contributed by atoms with van der Waals surface area (Å²) in [4.78, 5) is 9.29. The predicted molar refractivity (Wildman–Crippen MR) is 90.1 cm³/mol. The zero-order valence-corrected chi connectivity index (χ0v) is 13.7. The summed E-state index contributed by atoms with van der Waals surface area (Å²) in [6.45, 7) is 2.30. The fraction of sp³-hybridized carbons (Fsp3) is 0.176. The molecule has 130 valence electrons. The number of aromatic amines is 1. The minimum absolute atomic E-state index is 0.112. The average Bonchev–Trinajstić information content (AvgIpc) is 3.27. The van der Waals surface area contributed by atoms with Crippen LogP contribution in [0, 0.1) is 23.0 Å². The molecule has 0 saturated carbocycles. The van der Waals surface area contributed by atoms with E-state index in [4.69, 9.17) is 5.26 Å². The van der Waals surface area contributed by atoms with Crippen LogP contribution in [0.15, 0.2) is 35.5 Å². The Morgan fingerprint density at radius 3 is 2.92 bits per heavy atom. The van der Waals surface area contributed by atoms with Crippen molar-refractivity contribution in [2.45, 2.75) is 13.0 Å². The quantitative estimate of drug-likeness (QED) is 0.784.